The number of carbonyl (C=O) groups is 1. The summed E-state index contributed by atoms with van der Waals surface area (Å²) in [5.41, 5.74) is 9.46. The molecule has 2 aromatic rings. The highest BCUT2D eigenvalue weighted by Gasteiger charge is 2.10. The van der Waals surface area contributed by atoms with Gasteiger partial charge >= 0.3 is 0 Å². The normalized spacial score (nSPS) is 12.0. The maximum absolute atomic E-state index is 12.1. The smallest absolute Gasteiger partial charge is 0.224 e. The highest BCUT2D eigenvalue weighted by Crippen LogP contribution is 2.17. The Balaban J connectivity index is 1.82. The molecule has 1 atom stereocenters. The second-order valence-electron chi connectivity index (χ2n) is 6.49. The molecule has 0 aliphatic heterocycles. The summed E-state index contributed by atoms with van der Waals surface area (Å²) in [7, 11) is 0. The van der Waals surface area contributed by atoms with Crippen molar-refractivity contribution < 1.29 is 9.53 Å². The molecule has 0 radical (unpaired) electrons. The van der Waals surface area contributed by atoms with Crippen LogP contribution in [0, 0.1) is 0 Å². The largest absolute Gasteiger partial charge is 0.494 e. The monoisotopic (exact) mass is 340 g/mol. The van der Waals surface area contributed by atoms with E-state index < -0.39 is 0 Å². The fourth-order valence-corrected chi connectivity index (χ4v) is 2.59. The van der Waals surface area contributed by atoms with E-state index >= 15 is 0 Å². The third-order valence-corrected chi connectivity index (χ3v) is 4.15. The lowest BCUT2D eigenvalue weighted by atomic mass is 9.99. The predicted molar refractivity (Wildman–Crippen MR) is 102 cm³/mol. The van der Waals surface area contributed by atoms with E-state index in [4.69, 9.17) is 10.5 Å². The number of ether oxygens (including phenoxy) is 1. The van der Waals surface area contributed by atoms with Gasteiger partial charge in [-0.25, -0.2) is 0 Å². The Morgan fingerprint density at radius 1 is 1.04 bits per heavy atom. The van der Waals surface area contributed by atoms with Crippen LogP contribution in [0.3, 0.4) is 0 Å². The van der Waals surface area contributed by atoms with Crippen LogP contribution in [0.2, 0.25) is 0 Å². The van der Waals surface area contributed by atoms with Gasteiger partial charge in [-0.05, 0) is 41.7 Å². The molecular weight excluding hydrogens is 312 g/mol. The van der Waals surface area contributed by atoms with Crippen molar-refractivity contribution in [1.29, 1.82) is 0 Å². The van der Waals surface area contributed by atoms with Gasteiger partial charge in [0.2, 0.25) is 5.91 Å². The van der Waals surface area contributed by atoms with Crippen molar-refractivity contribution in [2.24, 2.45) is 5.73 Å². The zero-order valence-corrected chi connectivity index (χ0v) is 15.3. The summed E-state index contributed by atoms with van der Waals surface area (Å²) >= 11 is 0. The lowest BCUT2D eigenvalue weighted by molar-refractivity contribution is -0.120. The number of nitrogens with one attached hydrogen (secondary N) is 1. The Labute approximate surface area is 150 Å². The van der Waals surface area contributed by atoms with Gasteiger partial charge in [0.05, 0.1) is 13.0 Å². The van der Waals surface area contributed by atoms with Crippen LogP contribution in [0.15, 0.2) is 48.5 Å². The maximum atomic E-state index is 12.1. The molecule has 0 fully saturated rings. The van der Waals surface area contributed by atoms with Crippen LogP contribution >= 0.6 is 0 Å². The molecule has 2 rings (SSSR count). The van der Waals surface area contributed by atoms with Crippen LogP contribution in [-0.2, 0) is 11.2 Å². The number of nitrogens with two attached hydrogens (primary N) is 1. The van der Waals surface area contributed by atoms with E-state index in [9.17, 15) is 4.79 Å². The van der Waals surface area contributed by atoms with Gasteiger partial charge in [-0.1, -0.05) is 50.2 Å². The molecule has 0 saturated carbocycles. The fourth-order valence-electron chi connectivity index (χ4n) is 2.59. The van der Waals surface area contributed by atoms with Crippen molar-refractivity contribution in [2.45, 2.75) is 39.2 Å². The van der Waals surface area contributed by atoms with E-state index in [-0.39, 0.29) is 11.9 Å². The summed E-state index contributed by atoms with van der Waals surface area (Å²) in [6, 6.07) is 15.7. The van der Waals surface area contributed by atoms with Gasteiger partial charge in [0.15, 0.2) is 0 Å². The van der Waals surface area contributed by atoms with E-state index in [0.717, 1.165) is 16.9 Å². The first kappa shape index (κ1) is 19.0. The van der Waals surface area contributed by atoms with Gasteiger partial charge in [-0.2, -0.15) is 0 Å². The topological polar surface area (TPSA) is 64.3 Å². The van der Waals surface area contributed by atoms with Crippen LogP contribution in [0.5, 0.6) is 5.75 Å². The molecule has 134 valence electrons. The minimum Gasteiger partial charge on any atom is -0.494 e. The van der Waals surface area contributed by atoms with E-state index in [0.29, 0.717) is 25.5 Å². The van der Waals surface area contributed by atoms with Crippen molar-refractivity contribution in [3.05, 3.63) is 65.2 Å². The molecule has 0 saturated heterocycles. The Morgan fingerprint density at radius 2 is 1.64 bits per heavy atom. The molecule has 0 aromatic heterocycles. The lowest BCUT2D eigenvalue weighted by Crippen LogP contribution is -2.32. The van der Waals surface area contributed by atoms with Crippen LogP contribution in [0.4, 0.5) is 0 Å². The third kappa shape index (κ3) is 5.91. The minimum atomic E-state index is -0.203. The molecule has 3 N–H and O–H groups in total. The summed E-state index contributed by atoms with van der Waals surface area (Å²) < 4.78 is 5.40. The fraction of sp³-hybridized carbons (Fsp3) is 0.381. The highest BCUT2D eigenvalue weighted by molar-refractivity contribution is 5.78. The molecule has 4 heteroatoms. The number of hydrogen-bond acceptors (Lipinski definition) is 3. The Hall–Kier alpha value is -2.33. The average molecular weight is 340 g/mol. The lowest BCUT2D eigenvalue weighted by Gasteiger charge is -2.15. The molecule has 0 aliphatic carbocycles. The molecular formula is C21H28N2O2. The molecule has 0 spiro atoms. The summed E-state index contributed by atoms with van der Waals surface area (Å²) in [6.45, 7) is 7.33. The van der Waals surface area contributed by atoms with Crippen molar-refractivity contribution in [3.63, 3.8) is 0 Å². The summed E-state index contributed by atoms with van der Waals surface area (Å²) in [5.74, 6) is 1.29. The molecule has 0 bridgehead atoms. The second-order valence-corrected chi connectivity index (χ2v) is 6.49. The number of amides is 1. The summed E-state index contributed by atoms with van der Waals surface area (Å²) in [6.07, 6.45) is 0.339. The summed E-state index contributed by atoms with van der Waals surface area (Å²) in [4.78, 5) is 12.1. The van der Waals surface area contributed by atoms with Crippen molar-refractivity contribution >= 4 is 5.91 Å². The molecule has 0 heterocycles. The standard InChI is InChI=1S/C21H28N2O2/c1-4-25-19-11-5-16(6-12-19)13-21(24)23-14-20(22)18-9-7-17(8-10-18)15(2)3/h5-12,15,20H,4,13-14,22H2,1-3H3,(H,23,24). The van der Waals surface area contributed by atoms with E-state index in [2.05, 4.69) is 31.3 Å². The number of hydrogen-bond donors (Lipinski definition) is 2. The molecule has 4 nitrogen and oxygen atoms in total. The minimum absolute atomic E-state index is 0.0292. The molecule has 2 aromatic carbocycles. The van der Waals surface area contributed by atoms with Crippen molar-refractivity contribution in [1.82, 2.24) is 5.32 Å². The number of benzene rings is 2. The van der Waals surface area contributed by atoms with Crippen LogP contribution in [0.25, 0.3) is 0 Å². The predicted octanol–water partition coefficient (Wildman–Crippen LogP) is 3.57. The highest BCUT2D eigenvalue weighted by atomic mass is 16.5. The molecule has 1 amide bonds. The molecule has 25 heavy (non-hydrogen) atoms. The summed E-state index contributed by atoms with van der Waals surface area (Å²) in [5, 5.41) is 2.91. The van der Waals surface area contributed by atoms with Gasteiger partial charge < -0.3 is 15.8 Å². The van der Waals surface area contributed by atoms with Crippen molar-refractivity contribution in [3.8, 4) is 5.75 Å². The van der Waals surface area contributed by atoms with Gasteiger partial charge in [0, 0.05) is 12.6 Å². The van der Waals surface area contributed by atoms with Crippen LogP contribution < -0.4 is 15.8 Å². The first-order chi connectivity index (χ1) is 12.0. The number of carbonyl (C=O) groups excluding carboxylic acids is 1. The first-order valence-corrected chi connectivity index (χ1v) is 8.83. The van der Waals surface area contributed by atoms with E-state index in [1.165, 1.54) is 5.56 Å². The van der Waals surface area contributed by atoms with E-state index in [1.807, 2.05) is 43.3 Å². The first-order valence-electron chi connectivity index (χ1n) is 8.83. The van der Waals surface area contributed by atoms with Crippen LogP contribution in [0.1, 0.15) is 49.4 Å². The maximum Gasteiger partial charge on any atom is 0.224 e. The number of rotatable bonds is 8. The SMILES string of the molecule is CCOc1ccc(CC(=O)NCC(N)c2ccc(C(C)C)cc2)cc1. The second kappa shape index (κ2) is 9.23. The van der Waals surface area contributed by atoms with Crippen molar-refractivity contribution in [2.75, 3.05) is 13.2 Å². The molecule has 1 unspecified atom stereocenters. The average Bonchev–Trinajstić information content (AvgIpc) is 2.61. The Bertz CT molecular complexity index is 663. The third-order valence-electron chi connectivity index (χ3n) is 4.15. The van der Waals surface area contributed by atoms with Gasteiger partial charge in [0.1, 0.15) is 5.75 Å². The van der Waals surface area contributed by atoms with E-state index in [1.54, 1.807) is 0 Å². The van der Waals surface area contributed by atoms with Gasteiger partial charge in [0.25, 0.3) is 0 Å². The Morgan fingerprint density at radius 3 is 2.20 bits per heavy atom. The van der Waals surface area contributed by atoms with Crippen LogP contribution in [-0.4, -0.2) is 19.1 Å². The van der Waals surface area contributed by atoms with Gasteiger partial charge in [-0.15, -0.1) is 0 Å². The molecule has 0 aliphatic rings. The quantitative estimate of drug-likeness (QED) is 0.772. The zero-order chi connectivity index (χ0) is 18.2. The zero-order valence-electron chi connectivity index (χ0n) is 15.3. The Kier molecular flexibility index (Phi) is 7.02. The van der Waals surface area contributed by atoms with Gasteiger partial charge in [-0.3, -0.25) is 4.79 Å².